The number of para-hydroxylation sites is 1. The Morgan fingerprint density at radius 2 is 1.88 bits per heavy atom. The Morgan fingerprint density at radius 3 is 2.54 bits per heavy atom. The molecule has 3 aromatic rings. The molecule has 1 aromatic heterocycles. The van der Waals surface area contributed by atoms with Gasteiger partial charge in [-0.1, -0.05) is 18.2 Å². The number of benzene rings is 2. The maximum Gasteiger partial charge on any atom is 0.416 e. The highest BCUT2D eigenvalue weighted by molar-refractivity contribution is 5.98. The van der Waals surface area contributed by atoms with Crippen LogP contribution >= 0.6 is 12.4 Å². The molecule has 1 heterocycles. The highest BCUT2D eigenvalue weighted by Gasteiger charge is 2.30. The minimum Gasteiger partial charge on any atom is -0.494 e. The fraction of sp³-hybridized carbons (Fsp3) is 0.111. The predicted octanol–water partition coefficient (Wildman–Crippen LogP) is 5.30. The Balaban J connectivity index is 0.00000243. The van der Waals surface area contributed by atoms with Gasteiger partial charge in [-0.25, -0.2) is 0 Å². The zero-order valence-corrected chi connectivity index (χ0v) is 14.3. The van der Waals surface area contributed by atoms with Crippen LogP contribution in [0, 0.1) is 11.3 Å². The monoisotopic (exact) mass is 379 g/mol. The average Bonchev–Trinajstić information content (AvgIpc) is 2.61. The molecule has 0 atom stereocenters. The number of halogens is 4. The van der Waals surface area contributed by atoms with Gasteiger partial charge in [-0.05, 0) is 24.3 Å². The summed E-state index contributed by atoms with van der Waals surface area (Å²) >= 11 is 0. The van der Waals surface area contributed by atoms with Gasteiger partial charge in [0, 0.05) is 17.3 Å². The number of hydrogen-bond acceptors (Lipinski definition) is 4. The van der Waals surface area contributed by atoms with Crippen LogP contribution in [0.15, 0.2) is 48.7 Å². The highest BCUT2D eigenvalue weighted by atomic mass is 35.5. The third-order valence-electron chi connectivity index (χ3n) is 3.66. The van der Waals surface area contributed by atoms with Crippen LogP contribution in [0.5, 0.6) is 5.75 Å². The predicted molar refractivity (Wildman–Crippen MR) is 95.0 cm³/mol. The van der Waals surface area contributed by atoms with Gasteiger partial charge in [-0.2, -0.15) is 18.4 Å². The second-order valence-corrected chi connectivity index (χ2v) is 5.22. The Hall–Kier alpha value is -2.98. The van der Waals surface area contributed by atoms with Gasteiger partial charge in [0.25, 0.3) is 0 Å². The van der Waals surface area contributed by atoms with Crippen LogP contribution in [0.1, 0.15) is 11.1 Å². The van der Waals surface area contributed by atoms with Crippen molar-refractivity contribution >= 4 is 34.7 Å². The number of aromatic nitrogens is 1. The molecule has 0 fully saturated rings. The van der Waals surface area contributed by atoms with Crippen molar-refractivity contribution in [2.45, 2.75) is 6.18 Å². The zero-order chi connectivity index (χ0) is 18.0. The number of nitriles is 1. The second-order valence-electron chi connectivity index (χ2n) is 5.22. The van der Waals surface area contributed by atoms with Crippen LogP contribution in [-0.2, 0) is 6.18 Å². The van der Waals surface area contributed by atoms with E-state index >= 15 is 0 Å². The van der Waals surface area contributed by atoms with Crippen LogP contribution in [0.25, 0.3) is 10.9 Å². The molecular formula is C18H13ClF3N3O. The topological polar surface area (TPSA) is 57.9 Å². The van der Waals surface area contributed by atoms with E-state index in [0.717, 1.165) is 12.1 Å². The third-order valence-corrected chi connectivity index (χ3v) is 3.66. The van der Waals surface area contributed by atoms with Crippen molar-refractivity contribution in [2.24, 2.45) is 0 Å². The van der Waals surface area contributed by atoms with E-state index in [4.69, 9.17) is 4.74 Å². The number of methoxy groups -OCH3 is 1. The summed E-state index contributed by atoms with van der Waals surface area (Å²) in [4.78, 5) is 4.21. The van der Waals surface area contributed by atoms with E-state index in [-0.39, 0.29) is 23.7 Å². The number of hydrogen-bond donors (Lipinski definition) is 1. The van der Waals surface area contributed by atoms with E-state index < -0.39 is 11.7 Å². The Labute approximate surface area is 153 Å². The normalized spacial score (nSPS) is 10.7. The number of nitrogens with one attached hydrogen (secondary N) is 1. The molecule has 134 valence electrons. The van der Waals surface area contributed by atoms with Gasteiger partial charge in [-0.15, -0.1) is 12.4 Å². The summed E-state index contributed by atoms with van der Waals surface area (Å²) in [5.41, 5.74) is 0.566. The number of ether oxygens (including phenoxy) is 1. The van der Waals surface area contributed by atoms with Gasteiger partial charge >= 0.3 is 6.18 Å². The maximum absolute atomic E-state index is 12.9. The molecule has 26 heavy (non-hydrogen) atoms. The lowest BCUT2D eigenvalue weighted by Gasteiger charge is -2.14. The van der Waals surface area contributed by atoms with Gasteiger partial charge in [0.05, 0.1) is 23.9 Å². The smallest absolute Gasteiger partial charge is 0.416 e. The number of anilines is 2. The van der Waals surface area contributed by atoms with Gasteiger partial charge in [0.1, 0.15) is 17.3 Å². The summed E-state index contributed by atoms with van der Waals surface area (Å²) in [5, 5.41) is 12.8. The van der Waals surface area contributed by atoms with Crippen molar-refractivity contribution in [1.29, 1.82) is 5.26 Å². The largest absolute Gasteiger partial charge is 0.494 e. The third kappa shape index (κ3) is 3.65. The van der Waals surface area contributed by atoms with E-state index in [1.54, 1.807) is 18.2 Å². The molecule has 0 radical (unpaired) electrons. The van der Waals surface area contributed by atoms with Crippen LogP contribution in [0.3, 0.4) is 0 Å². The molecule has 0 aliphatic carbocycles. The fourth-order valence-corrected chi connectivity index (χ4v) is 2.50. The summed E-state index contributed by atoms with van der Waals surface area (Å²) in [6.45, 7) is 0. The molecule has 0 unspecified atom stereocenters. The second kappa shape index (κ2) is 7.50. The lowest BCUT2D eigenvalue weighted by Crippen LogP contribution is -2.05. The molecule has 0 aliphatic heterocycles. The molecule has 0 amide bonds. The molecule has 0 spiro atoms. The number of pyridine rings is 1. The summed E-state index contributed by atoms with van der Waals surface area (Å²) in [5.74, 6) is 0.508. The van der Waals surface area contributed by atoms with E-state index in [9.17, 15) is 18.4 Å². The molecule has 0 aliphatic rings. The van der Waals surface area contributed by atoms with E-state index in [1.165, 1.54) is 25.4 Å². The van der Waals surface area contributed by atoms with Crippen LogP contribution in [-0.4, -0.2) is 12.1 Å². The van der Waals surface area contributed by atoms with Gasteiger partial charge in [0.2, 0.25) is 0 Å². The summed E-state index contributed by atoms with van der Waals surface area (Å²) in [6, 6.07) is 12.0. The van der Waals surface area contributed by atoms with E-state index in [0.29, 0.717) is 22.3 Å². The summed E-state index contributed by atoms with van der Waals surface area (Å²) in [6.07, 6.45) is -3.08. The van der Waals surface area contributed by atoms with Crippen LogP contribution in [0.2, 0.25) is 0 Å². The Bertz CT molecular complexity index is 984. The first kappa shape index (κ1) is 19.3. The van der Waals surface area contributed by atoms with Crippen molar-refractivity contribution < 1.29 is 17.9 Å². The standard InChI is InChI=1S/C18H12F3N3O.ClH/c1-25-15-7-3-6-14-16(11(9-22)10-23-17(14)15)24-13-5-2-4-12(8-13)18(19,20)21;/h2-8,10H,1H3,(H,23,24);1H. The first-order chi connectivity index (χ1) is 11.9. The Kier molecular flexibility index (Phi) is 5.58. The van der Waals surface area contributed by atoms with E-state index in [2.05, 4.69) is 10.3 Å². The molecule has 2 aromatic carbocycles. The van der Waals surface area contributed by atoms with Crippen molar-refractivity contribution in [3.63, 3.8) is 0 Å². The van der Waals surface area contributed by atoms with Crippen molar-refractivity contribution in [1.82, 2.24) is 4.98 Å². The number of rotatable bonds is 3. The van der Waals surface area contributed by atoms with Gasteiger partial charge < -0.3 is 10.1 Å². The average molecular weight is 380 g/mol. The summed E-state index contributed by atoms with van der Waals surface area (Å²) in [7, 11) is 1.49. The molecule has 0 bridgehead atoms. The van der Waals surface area contributed by atoms with Gasteiger partial charge in [0.15, 0.2) is 0 Å². The first-order valence-electron chi connectivity index (χ1n) is 7.24. The highest BCUT2D eigenvalue weighted by Crippen LogP contribution is 2.35. The minimum atomic E-state index is -4.45. The zero-order valence-electron chi connectivity index (χ0n) is 13.5. The maximum atomic E-state index is 12.9. The fourth-order valence-electron chi connectivity index (χ4n) is 2.50. The van der Waals surface area contributed by atoms with Crippen molar-refractivity contribution in [2.75, 3.05) is 12.4 Å². The SMILES string of the molecule is COc1cccc2c(Nc3cccc(C(F)(F)F)c3)c(C#N)cnc12.Cl. The first-order valence-corrected chi connectivity index (χ1v) is 7.24. The molecular weight excluding hydrogens is 367 g/mol. The van der Waals surface area contributed by atoms with Crippen LogP contribution < -0.4 is 10.1 Å². The lowest BCUT2D eigenvalue weighted by atomic mass is 10.1. The molecule has 4 nitrogen and oxygen atoms in total. The number of fused-ring (bicyclic) bond motifs is 1. The quantitative estimate of drug-likeness (QED) is 0.671. The molecule has 0 saturated carbocycles. The number of nitrogens with zero attached hydrogens (tertiary/aromatic N) is 2. The van der Waals surface area contributed by atoms with E-state index in [1.807, 2.05) is 6.07 Å². The van der Waals surface area contributed by atoms with Crippen molar-refractivity contribution in [3.05, 3.63) is 59.8 Å². The van der Waals surface area contributed by atoms with Gasteiger partial charge in [-0.3, -0.25) is 4.98 Å². The van der Waals surface area contributed by atoms with Crippen molar-refractivity contribution in [3.8, 4) is 11.8 Å². The lowest BCUT2D eigenvalue weighted by molar-refractivity contribution is -0.137. The Morgan fingerprint density at radius 1 is 1.15 bits per heavy atom. The number of alkyl halides is 3. The molecule has 1 N–H and O–H groups in total. The molecule has 8 heteroatoms. The minimum absolute atomic E-state index is 0. The summed E-state index contributed by atoms with van der Waals surface area (Å²) < 4.78 is 43.9. The molecule has 3 rings (SSSR count). The molecule has 0 saturated heterocycles. The van der Waals surface area contributed by atoms with Crippen LogP contribution in [0.4, 0.5) is 24.5 Å².